The summed E-state index contributed by atoms with van der Waals surface area (Å²) in [7, 11) is 1.62. The highest BCUT2D eigenvalue weighted by atomic mass is 31.2. The number of unbranched alkanes of at least 4 members (excludes halogenated alkanes) is 36. The summed E-state index contributed by atoms with van der Waals surface area (Å²) in [5, 5.41) is 14.1. The molecule has 8 nitrogen and oxygen atoms in total. The number of nitrogens with one attached hydrogen (secondary N) is 1. The van der Waals surface area contributed by atoms with Crippen LogP contribution in [0.3, 0.4) is 0 Å². The van der Waals surface area contributed by atoms with E-state index in [1.165, 1.54) is 205 Å². The number of quaternary nitrogens is 1. The number of carbonyl (C=O) groups is 1. The smallest absolute Gasteiger partial charge is 0.391 e. The minimum Gasteiger partial charge on any atom is -0.391 e. The van der Waals surface area contributed by atoms with Gasteiger partial charge in [0.2, 0.25) is 5.91 Å². The number of nitrogens with zero attached hydrogens (tertiary/aromatic N) is 1. The summed E-state index contributed by atoms with van der Waals surface area (Å²) in [4.78, 5) is 23.4. The summed E-state index contributed by atoms with van der Waals surface area (Å²) in [5.41, 5.74) is 0. The molecule has 0 aliphatic carbocycles. The maximum absolute atomic E-state index is 13.0. The number of allylic oxidation sites excluding steroid dienone is 12. The summed E-state index contributed by atoms with van der Waals surface area (Å²) in [6.07, 6.45) is 82.7. The second-order valence-electron chi connectivity index (χ2n) is 23.8. The van der Waals surface area contributed by atoms with Gasteiger partial charge in [-0.05, 0) is 64.2 Å². The van der Waals surface area contributed by atoms with Crippen molar-refractivity contribution in [3.8, 4) is 0 Å². The molecular weight excluding hydrogens is 984 g/mol. The number of likely N-dealkylation sites (N-methyl/N-ethyl adjacent to an activating group) is 1. The van der Waals surface area contributed by atoms with E-state index in [4.69, 9.17) is 9.05 Å². The largest absolute Gasteiger partial charge is 0.472 e. The maximum atomic E-state index is 13.0. The molecule has 3 atom stereocenters. The molecule has 0 aromatic carbocycles. The highest BCUT2D eigenvalue weighted by Gasteiger charge is 2.28. The average molecular weight is 1110 g/mol. The van der Waals surface area contributed by atoms with Crippen LogP contribution in [0, 0.1) is 0 Å². The van der Waals surface area contributed by atoms with Crippen LogP contribution in [0.2, 0.25) is 0 Å². The highest BCUT2D eigenvalue weighted by molar-refractivity contribution is 7.47. The molecule has 78 heavy (non-hydrogen) atoms. The maximum Gasteiger partial charge on any atom is 0.472 e. The first kappa shape index (κ1) is 75.9. The van der Waals surface area contributed by atoms with Crippen LogP contribution in [0.4, 0.5) is 0 Å². The zero-order valence-electron chi connectivity index (χ0n) is 52.2. The first-order valence-electron chi connectivity index (χ1n) is 33.3. The zero-order valence-corrected chi connectivity index (χ0v) is 53.0. The van der Waals surface area contributed by atoms with Gasteiger partial charge in [-0.25, -0.2) is 4.57 Å². The molecule has 1 amide bonds. The number of aliphatic hydroxyl groups excluding tert-OH is 1. The molecule has 0 aromatic rings. The van der Waals surface area contributed by atoms with E-state index in [-0.39, 0.29) is 19.1 Å². The van der Waals surface area contributed by atoms with Crippen LogP contribution in [0.15, 0.2) is 72.9 Å². The van der Waals surface area contributed by atoms with Crippen molar-refractivity contribution in [3.05, 3.63) is 72.9 Å². The van der Waals surface area contributed by atoms with Crippen molar-refractivity contribution in [1.29, 1.82) is 0 Å². The van der Waals surface area contributed by atoms with Crippen molar-refractivity contribution in [3.63, 3.8) is 0 Å². The van der Waals surface area contributed by atoms with E-state index in [2.05, 4.69) is 92.1 Å². The normalized spacial score (nSPS) is 14.2. The summed E-state index contributed by atoms with van der Waals surface area (Å²) in [6, 6.07) is -0.762. The number of carbonyl (C=O) groups excluding carboxylic acids is 1. The van der Waals surface area contributed by atoms with Gasteiger partial charge in [0.05, 0.1) is 39.9 Å². The van der Waals surface area contributed by atoms with E-state index in [1.54, 1.807) is 0 Å². The van der Waals surface area contributed by atoms with Crippen molar-refractivity contribution in [2.45, 2.75) is 321 Å². The van der Waals surface area contributed by atoms with E-state index in [0.29, 0.717) is 23.9 Å². The SMILES string of the molecule is CC/C=C\C/C=C\C/C=C\C/C=C\C/C=C\C/C=C\CCCCCCCCCCCCCCCCCCCCC(=O)NC(COP(=O)(O)OCC[N+](C)(C)C)C(O)CCCCCCCCCCCCCCCCCCCCC. The first-order chi connectivity index (χ1) is 38.0. The molecule has 0 spiro atoms. The monoisotopic (exact) mass is 1110 g/mol. The molecule has 3 unspecified atom stereocenters. The third-order valence-corrected chi connectivity index (χ3v) is 16.0. The molecule has 0 aromatic heterocycles. The van der Waals surface area contributed by atoms with Crippen molar-refractivity contribution in [2.75, 3.05) is 40.9 Å². The van der Waals surface area contributed by atoms with Gasteiger partial charge in [-0.1, -0.05) is 311 Å². The van der Waals surface area contributed by atoms with Crippen molar-refractivity contribution < 1.29 is 32.9 Å². The van der Waals surface area contributed by atoms with Gasteiger partial charge < -0.3 is 19.8 Å². The van der Waals surface area contributed by atoms with E-state index in [1.807, 2.05) is 21.1 Å². The van der Waals surface area contributed by atoms with E-state index < -0.39 is 20.0 Å². The Balaban J connectivity index is 3.99. The van der Waals surface area contributed by atoms with Gasteiger partial charge in [0.25, 0.3) is 0 Å². The summed E-state index contributed by atoms with van der Waals surface area (Å²) in [6.45, 7) is 4.81. The van der Waals surface area contributed by atoms with Crippen LogP contribution in [-0.2, 0) is 18.4 Å². The predicted molar refractivity (Wildman–Crippen MR) is 341 cm³/mol. The Morgan fingerprint density at radius 2 is 0.769 bits per heavy atom. The number of phosphoric ester groups is 1. The number of aliphatic hydroxyl groups is 1. The fraction of sp³-hybridized carbons (Fsp3) is 0.812. The number of phosphoric acid groups is 1. The highest BCUT2D eigenvalue weighted by Crippen LogP contribution is 2.43. The van der Waals surface area contributed by atoms with Gasteiger partial charge in [0.15, 0.2) is 0 Å². The molecule has 0 bridgehead atoms. The van der Waals surface area contributed by atoms with E-state index in [9.17, 15) is 19.4 Å². The van der Waals surface area contributed by atoms with Crippen LogP contribution >= 0.6 is 7.82 Å². The molecule has 3 N–H and O–H groups in total. The molecule has 0 saturated heterocycles. The molecule has 0 heterocycles. The van der Waals surface area contributed by atoms with Crippen LogP contribution in [0.5, 0.6) is 0 Å². The number of hydrogen-bond donors (Lipinski definition) is 3. The van der Waals surface area contributed by atoms with Gasteiger partial charge in [0, 0.05) is 6.42 Å². The lowest BCUT2D eigenvalue weighted by atomic mass is 10.0. The quantitative estimate of drug-likeness (QED) is 0.0243. The Bertz CT molecular complexity index is 1500. The van der Waals surface area contributed by atoms with E-state index >= 15 is 0 Å². The summed E-state index contributed by atoms with van der Waals surface area (Å²) >= 11 is 0. The fourth-order valence-corrected chi connectivity index (χ4v) is 10.6. The average Bonchev–Trinajstić information content (AvgIpc) is 3.41. The van der Waals surface area contributed by atoms with Gasteiger partial charge in [0.1, 0.15) is 13.2 Å². The number of rotatable bonds is 61. The molecule has 456 valence electrons. The van der Waals surface area contributed by atoms with Crippen LogP contribution in [-0.4, -0.2) is 73.4 Å². The first-order valence-corrected chi connectivity index (χ1v) is 34.8. The van der Waals surface area contributed by atoms with Crippen LogP contribution in [0.25, 0.3) is 0 Å². The van der Waals surface area contributed by atoms with Gasteiger partial charge in [-0.3, -0.25) is 13.8 Å². The van der Waals surface area contributed by atoms with E-state index in [0.717, 1.165) is 77.0 Å². The number of amides is 1. The Hall–Kier alpha value is -2.06. The van der Waals surface area contributed by atoms with Crippen LogP contribution < -0.4 is 5.32 Å². The molecule has 0 fully saturated rings. The Kier molecular flexibility index (Phi) is 58.0. The fourth-order valence-electron chi connectivity index (χ4n) is 9.82. The Morgan fingerprint density at radius 1 is 0.449 bits per heavy atom. The third-order valence-electron chi connectivity index (χ3n) is 15.0. The Labute approximate surface area is 484 Å². The molecule has 0 aliphatic rings. The standard InChI is InChI=1S/C69H129N2O6P/c1-6-8-10-12-14-16-18-20-22-24-26-27-28-29-30-31-32-33-34-35-36-37-38-39-40-41-42-43-45-47-49-51-53-55-57-59-61-63-69(73)70-67(66-77-78(74,75)76-65-64-71(3,4)5)68(72)62-60-58-56-54-52-50-48-46-44-25-23-21-19-17-15-13-11-9-7-2/h8,10,14,16,20,22,26-27,29-30,32-33,67-68,72H,6-7,9,11-13,15,17-19,21,23-25,28,31,34-66H2,1-5H3,(H-,70,73,74,75)/p+1/b10-8-,16-14-,22-20-,27-26-,30-29-,33-32-. The van der Waals surface area contributed by atoms with Gasteiger partial charge >= 0.3 is 7.82 Å². The number of hydrogen-bond acceptors (Lipinski definition) is 5. The minimum absolute atomic E-state index is 0.0747. The van der Waals surface area contributed by atoms with Crippen molar-refractivity contribution in [2.24, 2.45) is 0 Å². The lowest BCUT2D eigenvalue weighted by molar-refractivity contribution is -0.870. The second kappa shape index (κ2) is 59.6. The zero-order chi connectivity index (χ0) is 57.0. The molecular formula is C69H130N2O6P+. The topological polar surface area (TPSA) is 105 Å². The lowest BCUT2D eigenvalue weighted by Crippen LogP contribution is -2.46. The van der Waals surface area contributed by atoms with Crippen LogP contribution in [0.1, 0.15) is 309 Å². The second-order valence-corrected chi connectivity index (χ2v) is 25.3. The minimum atomic E-state index is -4.33. The van der Waals surface area contributed by atoms with Gasteiger partial charge in [-0.2, -0.15) is 0 Å². The van der Waals surface area contributed by atoms with Gasteiger partial charge in [-0.15, -0.1) is 0 Å². The molecule has 0 rings (SSSR count). The molecule has 0 aliphatic heterocycles. The summed E-state index contributed by atoms with van der Waals surface area (Å²) in [5.74, 6) is -0.141. The molecule has 0 radical (unpaired) electrons. The predicted octanol–water partition coefficient (Wildman–Crippen LogP) is 21.0. The third kappa shape index (κ3) is 61.6. The summed E-state index contributed by atoms with van der Waals surface area (Å²) < 4.78 is 23.9. The lowest BCUT2D eigenvalue weighted by Gasteiger charge is -2.26. The Morgan fingerprint density at radius 3 is 1.13 bits per heavy atom. The molecule has 9 heteroatoms. The molecule has 0 saturated carbocycles. The van der Waals surface area contributed by atoms with Crippen molar-refractivity contribution >= 4 is 13.7 Å². The van der Waals surface area contributed by atoms with Crippen molar-refractivity contribution in [1.82, 2.24) is 5.32 Å².